The third kappa shape index (κ3) is 6.59. The minimum atomic E-state index is -2.70. The van der Waals surface area contributed by atoms with Gasteiger partial charge in [-0.1, -0.05) is 42.5 Å². The lowest BCUT2D eigenvalue weighted by atomic mass is 9.90. The van der Waals surface area contributed by atoms with Gasteiger partial charge in [-0.25, -0.2) is 9.59 Å². The van der Waals surface area contributed by atoms with Gasteiger partial charge >= 0.3 is 12.1 Å². The Morgan fingerprint density at radius 1 is 1.06 bits per heavy atom. The Labute approximate surface area is 183 Å². The van der Waals surface area contributed by atoms with Gasteiger partial charge in [-0.3, -0.25) is 9.46 Å². The lowest BCUT2D eigenvalue weighted by molar-refractivity contribution is -0.152. The highest BCUT2D eigenvalue weighted by molar-refractivity contribution is 7.57. The smallest absolute Gasteiger partial charge is 0.410 e. The summed E-state index contributed by atoms with van der Waals surface area (Å²) >= 11 is 0. The number of rotatable bonds is 8. The molecule has 0 saturated heterocycles. The summed E-state index contributed by atoms with van der Waals surface area (Å²) in [6.45, 7) is 6.66. The number of amides is 1. The van der Waals surface area contributed by atoms with E-state index in [1.165, 1.54) is 19.1 Å². The standard InChI is InChI=1S/C23H30NO6P/c1-17-14-19(12-13-20(17)30-31(5,6)27)15-23(2,21(25)28-4)24(3)22(26)29-16-18-10-8-7-9-11-18/h7-14H,15-16H2,1-6H3/t23-/m0/s1. The molecule has 0 aliphatic rings. The topological polar surface area (TPSA) is 82.1 Å². The second kappa shape index (κ2) is 10.0. The molecular formula is C23H30NO6P. The molecule has 0 aliphatic carbocycles. The van der Waals surface area contributed by atoms with Crippen LogP contribution in [0.25, 0.3) is 0 Å². The van der Waals surface area contributed by atoms with E-state index >= 15 is 0 Å². The number of hydrogen-bond acceptors (Lipinski definition) is 6. The monoisotopic (exact) mass is 447 g/mol. The molecule has 0 spiro atoms. The van der Waals surface area contributed by atoms with Crippen LogP contribution in [0.2, 0.25) is 0 Å². The van der Waals surface area contributed by atoms with Gasteiger partial charge in [0.1, 0.15) is 17.9 Å². The molecule has 31 heavy (non-hydrogen) atoms. The minimum Gasteiger partial charge on any atom is -0.467 e. The van der Waals surface area contributed by atoms with Gasteiger partial charge < -0.3 is 14.0 Å². The molecule has 1 atom stereocenters. The lowest BCUT2D eigenvalue weighted by Gasteiger charge is -2.35. The second-order valence-electron chi connectivity index (χ2n) is 7.98. The van der Waals surface area contributed by atoms with E-state index in [4.69, 9.17) is 14.0 Å². The predicted molar refractivity (Wildman–Crippen MR) is 120 cm³/mol. The number of carbonyl (C=O) groups is 2. The number of benzene rings is 2. The summed E-state index contributed by atoms with van der Waals surface area (Å²) in [5.74, 6) is -0.0382. The molecule has 2 aromatic carbocycles. The summed E-state index contributed by atoms with van der Waals surface area (Å²) < 4.78 is 27.9. The van der Waals surface area contributed by atoms with Crippen molar-refractivity contribution < 1.29 is 28.2 Å². The highest BCUT2D eigenvalue weighted by atomic mass is 31.2. The fourth-order valence-corrected chi connectivity index (χ4v) is 3.80. The summed E-state index contributed by atoms with van der Waals surface area (Å²) in [6, 6.07) is 14.6. The maximum atomic E-state index is 12.7. The van der Waals surface area contributed by atoms with Gasteiger partial charge in [0.05, 0.1) is 7.11 Å². The van der Waals surface area contributed by atoms with Crippen molar-refractivity contribution in [1.82, 2.24) is 4.90 Å². The molecule has 0 radical (unpaired) electrons. The molecule has 0 aromatic heterocycles. The first-order valence-electron chi connectivity index (χ1n) is 9.83. The first kappa shape index (κ1) is 24.5. The number of ether oxygens (including phenoxy) is 2. The van der Waals surface area contributed by atoms with Crippen LogP contribution in [0.1, 0.15) is 23.6 Å². The Bertz CT molecular complexity index is 971. The van der Waals surface area contributed by atoms with Crippen molar-refractivity contribution in [1.29, 1.82) is 0 Å². The van der Waals surface area contributed by atoms with Gasteiger partial charge in [-0.05, 0) is 36.6 Å². The fraction of sp³-hybridized carbons (Fsp3) is 0.391. The van der Waals surface area contributed by atoms with E-state index in [1.54, 1.807) is 32.4 Å². The average Bonchev–Trinajstić information content (AvgIpc) is 2.72. The molecule has 168 valence electrons. The summed E-state index contributed by atoms with van der Waals surface area (Å²) in [5, 5.41) is 0. The zero-order valence-corrected chi connectivity index (χ0v) is 19.8. The van der Waals surface area contributed by atoms with Crippen molar-refractivity contribution in [2.45, 2.75) is 32.4 Å². The number of aryl methyl sites for hydroxylation is 1. The Morgan fingerprint density at radius 2 is 1.71 bits per heavy atom. The van der Waals surface area contributed by atoms with Crippen LogP contribution < -0.4 is 4.52 Å². The number of hydrogen-bond donors (Lipinski definition) is 0. The third-order valence-electron chi connectivity index (χ3n) is 4.95. The highest BCUT2D eigenvalue weighted by Gasteiger charge is 2.42. The molecular weight excluding hydrogens is 417 g/mol. The molecule has 0 heterocycles. The maximum Gasteiger partial charge on any atom is 0.410 e. The summed E-state index contributed by atoms with van der Waals surface area (Å²) in [5.41, 5.74) is 1.13. The molecule has 0 saturated carbocycles. The Morgan fingerprint density at radius 3 is 2.26 bits per heavy atom. The van der Waals surface area contributed by atoms with Crippen LogP contribution in [0, 0.1) is 6.92 Å². The molecule has 0 aliphatic heterocycles. The van der Waals surface area contributed by atoms with Crippen molar-refractivity contribution in [2.24, 2.45) is 0 Å². The van der Waals surface area contributed by atoms with E-state index in [0.29, 0.717) is 5.75 Å². The zero-order valence-electron chi connectivity index (χ0n) is 18.9. The van der Waals surface area contributed by atoms with E-state index in [2.05, 4.69) is 0 Å². The summed E-state index contributed by atoms with van der Waals surface area (Å²) in [4.78, 5) is 26.6. The van der Waals surface area contributed by atoms with Crippen molar-refractivity contribution in [2.75, 3.05) is 27.5 Å². The Balaban J connectivity index is 2.21. The quantitative estimate of drug-likeness (QED) is 0.433. The molecule has 7 nitrogen and oxygen atoms in total. The van der Waals surface area contributed by atoms with Crippen molar-refractivity contribution in [3.05, 3.63) is 65.2 Å². The van der Waals surface area contributed by atoms with Crippen LogP contribution in [0.5, 0.6) is 5.75 Å². The van der Waals surface area contributed by atoms with Gasteiger partial charge in [0.15, 0.2) is 0 Å². The third-order valence-corrected chi connectivity index (χ3v) is 5.59. The van der Waals surface area contributed by atoms with Crippen molar-refractivity contribution >= 4 is 19.4 Å². The molecule has 2 aromatic rings. The molecule has 2 rings (SSSR count). The van der Waals surface area contributed by atoms with Gasteiger partial charge in [-0.2, -0.15) is 0 Å². The molecule has 0 unspecified atom stereocenters. The highest BCUT2D eigenvalue weighted by Crippen LogP contribution is 2.40. The zero-order chi connectivity index (χ0) is 23.2. The average molecular weight is 447 g/mol. The number of methoxy groups -OCH3 is 1. The van der Waals surface area contributed by atoms with Crippen molar-refractivity contribution in [3.8, 4) is 5.75 Å². The van der Waals surface area contributed by atoms with Crippen LogP contribution in [0.4, 0.5) is 4.79 Å². The van der Waals surface area contributed by atoms with E-state index in [-0.39, 0.29) is 13.0 Å². The van der Waals surface area contributed by atoms with E-state index in [9.17, 15) is 14.2 Å². The van der Waals surface area contributed by atoms with Gasteiger partial charge in [0.2, 0.25) is 7.37 Å². The SMILES string of the molecule is COC(=O)[C@](C)(Cc1ccc(OP(C)(C)=O)c(C)c1)N(C)C(=O)OCc1ccccc1. The normalized spacial score (nSPS) is 13.1. The first-order chi connectivity index (χ1) is 14.5. The molecule has 8 heteroatoms. The maximum absolute atomic E-state index is 12.7. The van der Waals surface area contributed by atoms with Crippen LogP contribution in [-0.2, 0) is 31.9 Å². The van der Waals surface area contributed by atoms with E-state index < -0.39 is 25.0 Å². The summed E-state index contributed by atoms with van der Waals surface area (Å²) in [6.07, 6.45) is -0.431. The number of esters is 1. The van der Waals surface area contributed by atoms with Gasteiger partial charge in [-0.15, -0.1) is 0 Å². The number of likely N-dealkylation sites (N-methyl/N-ethyl adjacent to an activating group) is 1. The second-order valence-corrected chi connectivity index (χ2v) is 10.7. The molecule has 1 amide bonds. The van der Waals surface area contributed by atoms with Gasteiger partial charge in [0.25, 0.3) is 0 Å². The Kier molecular flexibility index (Phi) is 7.91. The van der Waals surface area contributed by atoms with Crippen LogP contribution in [0.15, 0.2) is 48.5 Å². The minimum absolute atomic E-state index is 0.0977. The van der Waals surface area contributed by atoms with Crippen molar-refractivity contribution in [3.63, 3.8) is 0 Å². The number of nitrogens with zero attached hydrogens (tertiary/aromatic N) is 1. The molecule has 0 fully saturated rings. The first-order valence-corrected chi connectivity index (χ1v) is 12.4. The van der Waals surface area contributed by atoms with Gasteiger partial charge in [0, 0.05) is 26.8 Å². The van der Waals surface area contributed by atoms with Crippen LogP contribution in [-0.4, -0.2) is 50.0 Å². The van der Waals surface area contributed by atoms with Crippen LogP contribution >= 0.6 is 7.37 Å². The lowest BCUT2D eigenvalue weighted by Crippen LogP contribution is -2.55. The largest absolute Gasteiger partial charge is 0.467 e. The Hall–Kier alpha value is -2.79. The molecule has 0 N–H and O–H groups in total. The number of carbonyl (C=O) groups excluding carboxylic acids is 2. The molecule has 0 bridgehead atoms. The fourth-order valence-electron chi connectivity index (χ4n) is 3.12. The van der Waals surface area contributed by atoms with E-state index in [0.717, 1.165) is 16.7 Å². The van der Waals surface area contributed by atoms with E-state index in [1.807, 2.05) is 43.3 Å². The summed E-state index contributed by atoms with van der Waals surface area (Å²) in [7, 11) is 0.0999. The van der Waals surface area contributed by atoms with Crippen LogP contribution in [0.3, 0.4) is 0 Å². The predicted octanol–water partition coefficient (Wildman–Crippen LogP) is 4.65.